The van der Waals surface area contributed by atoms with Crippen LogP contribution >= 0.6 is 0 Å². The molecule has 0 spiro atoms. The van der Waals surface area contributed by atoms with Gasteiger partial charge in [0.05, 0.1) is 16.3 Å². The number of piperazine rings is 1. The van der Waals surface area contributed by atoms with E-state index in [1.54, 1.807) is 12.1 Å². The number of rotatable bonds is 3. The van der Waals surface area contributed by atoms with Crippen LogP contribution in [0.2, 0.25) is 0 Å². The number of nitrogens with zero attached hydrogens (tertiary/aromatic N) is 2. The van der Waals surface area contributed by atoms with Crippen molar-refractivity contribution >= 4 is 21.2 Å². The normalized spacial score (nSPS) is 21.1. The highest BCUT2D eigenvalue weighted by Gasteiger charge is 2.25. The first kappa shape index (κ1) is 15.1. The Labute approximate surface area is 121 Å². The summed E-state index contributed by atoms with van der Waals surface area (Å²) >= 11 is 0. The molecule has 1 aromatic carbocycles. The summed E-state index contributed by atoms with van der Waals surface area (Å²) < 4.78 is 23.5. The first-order chi connectivity index (χ1) is 9.34. The van der Waals surface area contributed by atoms with Crippen molar-refractivity contribution in [3.63, 3.8) is 0 Å². The van der Waals surface area contributed by atoms with Gasteiger partial charge in [-0.2, -0.15) is 0 Å². The van der Waals surface area contributed by atoms with Crippen LogP contribution in [-0.2, 0) is 9.84 Å². The summed E-state index contributed by atoms with van der Waals surface area (Å²) in [5.74, 6) is 0. The highest BCUT2D eigenvalue weighted by molar-refractivity contribution is 7.90. The molecule has 1 aliphatic rings. The lowest BCUT2D eigenvalue weighted by atomic mass is 10.1. The van der Waals surface area contributed by atoms with Crippen LogP contribution in [0.15, 0.2) is 23.1 Å². The van der Waals surface area contributed by atoms with E-state index in [4.69, 9.17) is 5.73 Å². The average molecular weight is 297 g/mol. The summed E-state index contributed by atoms with van der Waals surface area (Å²) in [7, 11) is -1.16. The standard InChI is InChI=1S/C14H23N3O2S/c1-4-11-10-17(9-8-16(11)2)12-6-5-7-13(14(12)15)20(3,18)19/h5-7,11H,4,8-10,15H2,1-3H3. The van der Waals surface area contributed by atoms with E-state index >= 15 is 0 Å². The monoisotopic (exact) mass is 297 g/mol. The Balaban J connectivity index is 2.35. The topological polar surface area (TPSA) is 66.6 Å². The van der Waals surface area contributed by atoms with Gasteiger partial charge in [-0.3, -0.25) is 4.90 Å². The number of benzene rings is 1. The molecule has 5 nitrogen and oxygen atoms in total. The zero-order valence-electron chi connectivity index (χ0n) is 12.3. The van der Waals surface area contributed by atoms with E-state index in [-0.39, 0.29) is 4.90 Å². The third-order valence-electron chi connectivity index (χ3n) is 4.03. The Morgan fingerprint density at radius 2 is 2.05 bits per heavy atom. The predicted molar refractivity (Wildman–Crippen MR) is 82.9 cm³/mol. The summed E-state index contributed by atoms with van der Waals surface area (Å²) in [6.45, 7) is 4.87. The fraction of sp³-hybridized carbons (Fsp3) is 0.571. The summed E-state index contributed by atoms with van der Waals surface area (Å²) in [5.41, 5.74) is 7.29. The molecular weight excluding hydrogens is 274 g/mol. The van der Waals surface area contributed by atoms with Gasteiger partial charge < -0.3 is 10.6 Å². The lowest BCUT2D eigenvalue weighted by Gasteiger charge is -2.40. The van der Waals surface area contributed by atoms with Gasteiger partial charge in [-0.25, -0.2) is 8.42 Å². The Morgan fingerprint density at radius 1 is 1.35 bits per heavy atom. The van der Waals surface area contributed by atoms with Crippen LogP contribution in [0.3, 0.4) is 0 Å². The van der Waals surface area contributed by atoms with Gasteiger partial charge in [-0.1, -0.05) is 13.0 Å². The molecule has 1 atom stereocenters. The van der Waals surface area contributed by atoms with Crippen molar-refractivity contribution in [2.24, 2.45) is 0 Å². The highest BCUT2D eigenvalue weighted by Crippen LogP contribution is 2.31. The number of likely N-dealkylation sites (N-methyl/N-ethyl adjacent to an activating group) is 1. The molecule has 1 saturated heterocycles. The quantitative estimate of drug-likeness (QED) is 0.849. The van der Waals surface area contributed by atoms with E-state index in [0.717, 1.165) is 31.7 Å². The second-order valence-corrected chi connectivity index (χ2v) is 7.43. The lowest BCUT2D eigenvalue weighted by Crippen LogP contribution is -2.51. The van der Waals surface area contributed by atoms with E-state index in [0.29, 0.717) is 11.7 Å². The van der Waals surface area contributed by atoms with Gasteiger partial charge in [-0.15, -0.1) is 0 Å². The van der Waals surface area contributed by atoms with Crippen molar-refractivity contribution in [1.82, 2.24) is 4.90 Å². The Morgan fingerprint density at radius 3 is 2.65 bits per heavy atom. The van der Waals surface area contributed by atoms with E-state index in [1.165, 1.54) is 6.26 Å². The molecule has 2 N–H and O–H groups in total. The fourth-order valence-electron chi connectivity index (χ4n) is 2.74. The number of para-hydroxylation sites is 1. The van der Waals surface area contributed by atoms with Gasteiger partial charge in [0.15, 0.2) is 9.84 Å². The summed E-state index contributed by atoms with van der Waals surface area (Å²) in [6, 6.07) is 5.72. The molecule has 1 heterocycles. The van der Waals surface area contributed by atoms with Crippen LogP contribution in [0.25, 0.3) is 0 Å². The molecule has 1 unspecified atom stereocenters. The molecule has 0 saturated carbocycles. The molecule has 1 aromatic rings. The minimum atomic E-state index is -3.29. The predicted octanol–water partition coefficient (Wildman–Crippen LogP) is 1.20. The summed E-state index contributed by atoms with van der Waals surface area (Å²) in [5, 5.41) is 0. The summed E-state index contributed by atoms with van der Waals surface area (Å²) in [6.07, 6.45) is 2.26. The van der Waals surface area contributed by atoms with E-state index in [9.17, 15) is 8.42 Å². The maximum atomic E-state index is 11.8. The van der Waals surface area contributed by atoms with Crippen LogP contribution in [-0.4, -0.2) is 52.3 Å². The molecule has 0 aliphatic carbocycles. The van der Waals surface area contributed by atoms with Gasteiger partial charge in [0.2, 0.25) is 0 Å². The number of nitrogens with two attached hydrogens (primary N) is 1. The Hall–Kier alpha value is -1.27. The van der Waals surface area contributed by atoms with Crippen LogP contribution in [0.4, 0.5) is 11.4 Å². The number of hydrogen-bond donors (Lipinski definition) is 1. The fourth-order valence-corrected chi connectivity index (χ4v) is 3.57. The van der Waals surface area contributed by atoms with Crippen LogP contribution in [0.1, 0.15) is 13.3 Å². The Kier molecular flexibility index (Phi) is 4.25. The molecule has 0 aromatic heterocycles. The SMILES string of the molecule is CCC1CN(c2cccc(S(C)(=O)=O)c2N)CCN1C. The minimum Gasteiger partial charge on any atom is -0.396 e. The van der Waals surface area contributed by atoms with Gasteiger partial charge in [0.1, 0.15) is 0 Å². The number of nitrogen functional groups attached to an aromatic ring is 1. The first-order valence-electron chi connectivity index (χ1n) is 6.88. The molecule has 2 rings (SSSR count). The average Bonchev–Trinajstić information content (AvgIpc) is 2.38. The molecule has 112 valence electrons. The molecule has 0 amide bonds. The highest BCUT2D eigenvalue weighted by atomic mass is 32.2. The molecule has 0 bridgehead atoms. The van der Waals surface area contributed by atoms with Gasteiger partial charge in [-0.05, 0) is 25.6 Å². The van der Waals surface area contributed by atoms with E-state index in [1.807, 2.05) is 6.07 Å². The van der Waals surface area contributed by atoms with Gasteiger partial charge in [0.25, 0.3) is 0 Å². The number of sulfone groups is 1. The van der Waals surface area contributed by atoms with Crippen molar-refractivity contribution < 1.29 is 8.42 Å². The van der Waals surface area contributed by atoms with Gasteiger partial charge >= 0.3 is 0 Å². The molecule has 0 radical (unpaired) electrons. The van der Waals surface area contributed by atoms with Crippen LogP contribution in [0.5, 0.6) is 0 Å². The van der Waals surface area contributed by atoms with E-state index in [2.05, 4.69) is 23.8 Å². The number of anilines is 2. The Bertz CT molecular complexity index is 586. The largest absolute Gasteiger partial charge is 0.396 e. The molecule has 6 heteroatoms. The maximum Gasteiger partial charge on any atom is 0.177 e. The molecule has 1 aliphatic heterocycles. The smallest absolute Gasteiger partial charge is 0.177 e. The first-order valence-corrected chi connectivity index (χ1v) is 8.77. The molecule has 1 fully saturated rings. The summed E-state index contributed by atoms with van der Waals surface area (Å²) in [4.78, 5) is 4.76. The van der Waals surface area contributed by atoms with Gasteiger partial charge in [0, 0.05) is 31.9 Å². The van der Waals surface area contributed by atoms with Crippen molar-refractivity contribution in [1.29, 1.82) is 0 Å². The minimum absolute atomic E-state index is 0.224. The zero-order valence-corrected chi connectivity index (χ0v) is 13.2. The molecule has 20 heavy (non-hydrogen) atoms. The van der Waals surface area contributed by atoms with Crippen molar-refractivity contribution in [3.05, 3.63) is 18.2 Å². The van der Waals surface area contributed by atoms with Crippen molar-refractivity contribution in [2.45, 2.75) is 24.3 Å². The second-order valence-electron chi connectivity index (χ2n) is 5.45. The second kappa shape index (κ2) is 5.61. The van der Waals surface area contributed by atoms with E-state index < -0.39 is 9.84 Å². The third kappa shape index (κ3) is 2.91. The zero-order chi connectivity index (χ0) is 14.9. The van der Waals surface area contributed by atoms with Crippen LogP contribution in [0, 0.1) is 0 Å². The van der Waals surface area contributed by atoms with Crippen molar-refractivity contribution in [2.75, 3.05) is 43.6 Å². The molecular formula is C14H23N3O2S. The third-order valence-corrected chi connectivity index (χ3v) is 5.19. The maximum absolute atomic E-state index is 11.8. The van der Waals surface area contributed by atoms with Crippen molar-refractivity contribution in [3.8, 4) is 0 Å². The lowest BCUT2D eigenvalue weighted by molar-refractivity contribution is 0.213. The van der Waals surface area contributed by atoms with Crippen LogP contribution < -0.4 is 10.6 Å². The number of hydrogen-bond acceptors (Lipinski definition) is 5.